The van der Waals surface area contributed by atoms with E-state index in [4.69, 9.17) is 5.73 Å². The molecule has 1 saturated heterocycles. The van der Waals surface area contributed by atoms with E-state index in [0.29, 0.717) is 5.56 Å². The summed E-state index contributed by atoms with van der Waals surface area (Å²) in [7, 11) is 0. The number of benzene rings is 1. The van der Waals surface area contributed by atoms with Gasteiger partial charge in [0.05, 0.1) is 13.1 Å². The molecule has 0 aliphatic carbocycles. The van der Waals surface area contributed by atoms with Crippen molar-refractivity contribution in [2.24, 2.45) is 5.73 Å². The zero-order valence-corrected chi connectivity index (χ0v) is 12.3. The van der Waals surface area contributed by atoms with Crippen LogP contribution in [0, 0.1) is 0 Å². The summed E-state index contributed by atoms with van der Waals surface area (Å²) in [5.41, 5.74) is 4.26. The Bertz CT molecular complexity index is 648. The van der Waals surface area contributed by atoms with Gasteiger partial charge in [0.25, 0.3) is 17.7 Å². The largest absolute Gasteiger partial charge is 0.346 e. The number of nitrogens with one attached hydrogen (secondary N) is 3. The second-order valence-electron chi connectivity index (χ2n) is 5.35. The van der Waals surface area contributed by atoms with Crippen LogP contribution in [0.25, 0.3) is 0 Å². The van der Waals surface area contributed by atoms with Crippen molar-refractivity contribution in [1.29, 1.82) is 0 Å². The van der Waals surface area contributed by atoms with Gasteiger partial charge in [0.15, 0.2) is 0 Å². The number of rotatable bonds is 5. The lowest BCUT2D eigenvalue weighted by Crippen LogP contribution is -2.42. The highest BCUT2D eigenvalue weighted by Crippen LogP contribution is 2.24. The molecule has 1 aromatic rings. The summed E-state index contributed by atoms with van der Waals surface area (Å²) in [5.74, 6) is -4.37. The van der Waals surface area contributed by atoms with Crippen molar-refractivity contribution >= 4 is 17.8 Å². The van der Waals surface area contributed by atoms with Gasteiger partial charge in [-0.2, -0.15) is 0 Å². The zero-order chi connectivity index (χ0) is 17.3. The number of alkyl halides is 2. The summed E-state index contributed by atoms with van der Waals surface area (Å²) < 4.78 is 26.0. The third-order valence-corrected chi connectivity index (χ3v) is 3.58. The molecule has 1 aliphatic rings. The lowest BCUT2D eigenvalue weighted by Gasteiger charge is -2.21. The number of halogens is 2. The fraction of sp³-hybridized carbons (Fsp3) is 0.357. The van der Waals surface area contributed by atoms with Crippen molar-refractivity contribution in [2.45, 2.75) is 18.4 Å². The van der Waals surface area contributed by atoms with Crippen molar-refractivity contribution < 1.29 is 23.2 Å². The Morgan fingerprint density at radius 3 is 2.39 bits per heavy atom. The molecule has 1 aromatic carbocycles. The minimum Gasteiger partial charge on any atom is -0.346 e. The molecule has 23 heavy (non-hydrogen) atoms. The first-order chi connectivity index (χ1) is 10.7. The van der Waals surface area contributed by atoms with Crippen molar-refractivity contribution in [3.05, 3.63) is 35.4 Å². The molecule has 1 atom stereocenters. The topological polar surface area (TPSA) is 113 Å². The zero-order valence-electron chi connectivity index (χ0n) is 12.3. The van der Waals surface area contributed by atoms with E-state index in [1.807, 2.05) is 0 Å². The van der Waals surface area contributed by atoms with Gasteiger partial charge in [-0.15, -0.1) is 0 Å². The van der Waals surface area contributed by atoms with Gasteiger partial charge in [-0.1, -0.05) is 12.1 Å². The number of carbonyl (C=O) groups excluding carboxylic acids is 3. The maximum Gasteiger partial charge on any atom is 0.322 e. The molecule has 124 valence electrons. The highest BCUT2D eigenvalue weighted by molar-refractivity contribution is 6.07. The Labute approximate surface area is 130 Å². The van der Waals surface area contributed by atoms with Gasteiger partial charge in [-0.25, -0.2) is 13.6 Å². The number of urea groups is 1. The first-order valence-corrected chi connectivity index (χ1v) is 6.78. The SMILES string of the molecule is CC1(c2ccc(C(=O)NCC(F)(F)CN)cc2)NC(=O)NC1=O. The van der Waals surface area contributed by atoms with Crippen molar-refractivity contribution in [2.75, 3.05) is 13.1 Å². The molecule has 0 aromatic heterocycles. The average molecular weight is 326 g/mol. The second-order valence-corrected chi connectivity index (χ2v) is 5.35. The van der Waals surface area contributed by atoms with E-state index < -0.39 is 42.4 Å². The van der Waals surface area contributed by atoms with E-state index in [1.165, 1.54) is 31.2 Å². The molecule has 0 radical (unpaired) electrons. The van der Waals surface area contributed by atoms with Crippen LogP contribution in [0.5, 0.6) is 0 Å². The summed E-state index contributed by atoms with van der Waals surface area (Å²) in [4.78, 5) is 34.8. The van der Waals surface area contributed by atoms with Crippen LogP contribution in [0.2, 0.25) is 0 Å². The minimum atomic E-state index is -3.17. The Balaban J connectivity index is 2.09. The van der Waals surface area contributed by atoms with Crippen LogP contribution in [0.1, 0.15) is 22.8 Å². The van der Waals surface area contributed by atoms with E-state index in [0.717, 1.165) is 0 Å². The fourth-order valence-corrected chi connectivity index (χ4v) is 2.09. The van der Waals surface area contributed by atoms with Crippen molar-refractivity contribution in [3.63, 3.8) is 0 Å². The van der Waals surface area contributed by atoms with Gasteiger partial charge < -0.3 is 16.4 Å². The van der Waals surface area contributed by atoms with Crippen LogP contribution in [-0.4, -0.2) is 36.9 Å². The third-order valence-electron chi connectivity index (χ3n) is 3.58. The number of amides is 4. The summed E-state index contributed by atoms with van der Waals surface area (Å²) in [6, 6.07) is 5.11. The molecule has 4 amide bonds. The average Bonchev–Trinajstić information content (AvgIpc) is 2.78. The predicted octanol–water partition coefficient (Wildman–Crippen LogP) is 0.0650. The predicted molar refractivity (Wildman–Crippen MR) is 76.8 cm³/mol. The third kappa shape index (κ3) is 3.45. The molecule has 7 nitrogen and oxygen atoms in total. The van der Waals surface area contributed by atoms with Gasteiger partial charge in [0.1, 0.15) is 5.54 Å². The Kier molecular flexibility index (Phi) is 4.33. The Morgan fingerprint density at radius 2 is 1.91 bits per heavy atom. The summed E-state index contributed by atoms with van der Waals surface area (Å²) >= 11 is 0. The number of carbonyl (C=O) groups is 3. The fourth-order valence-electron chi connectivity index (χ4n) is 2.09. The lowest BCUT2D eigenvalue weighted by molar-refractivity contribution is -0.123. The first-order valence-electron chi connectivity index (χ1n) is 6.78. The molecule has 1 fully saturated rings. The maximum absolute atomic E-state index is 13.0. The van der Waals surface area contributed by atoms with Gasteiger partial charge in [0, 0.05) is 5.56 Å². The minimum absolute atomic E-state index is 0.148. The van der Waals surface area contributed by atoms with Gasteiger partial charge >= 0.3 is 6.03 Å². The van der Waals surface area contributed by atoms with Crippen molar-refractivity contribution in [1.82, 2.24) is 16.0 Å². The quantitative estimate of drug-likeness (QED) is 0.573. The molecule has 2 rings (SSSR count). The lowest BCUT2D eigenvalue weighted by atomic mass is 9.91. The van der Waals surface area contributed by atoms with E-state index in [2.05, 4.69) is 16.0 Å². The molecule has 1 aliphatic heterocycles. The van der Waals surface area contributed by atoms with Crippen LogP contribution in [0.4, 0.5) is 13.6 Å². The molecular formula is C14H16F2N4O3. The van der Waals surface area contributed by atoms with Crippen LogP contribution in [0.15, 0.2) is 24.3 Å². The van der Waals surface area contributed by atoms with Crippen LogP contribution in [0.3, 0.4) is 0 Å². The standard InChI is InChI=1S/C14H16F2N4O3/c1-13(11(22)19-12(23)20-13)9-4-2-8(3-5-9)10(21)18-7-14(15,16)6-17/h2-5H,6-7,17H2,1H3,(H,18,21)(H2,19,20,22,23). The maximum atomic E-state index is 13.0. The molecule has 0 spiro atoms. The van der Waals surface area contributed by atoms with E-state index in [-0.39, 0.29) is 5.56 Å². The van der Waals surface area contributed by atoms with Gasteiger partial charge in [-0.3, -0.25) is 14.9 Å². The van der Waals surface area contributed by atoms with Gasteiger partial charge in [-0.05, 0) is 24.6 Å². The van der Waals surface area contributed by atoms with Gasteiger partial charge in [0.2, 0.25) is 0 Å². The smallest absolute Gasteiger partial charge is 0.322 e. The first kappa shape index (κ1) is 16.8. The summed E-state index contributed by atoms with van der Waals surface area (Å²) in [6.45, 7) is -0.205. The summed E-state index contributed by atoms with van der Waals surface area (Å²) in [5, 5.41) is 6.69. The second kappa shape index (κ2) is 5.92. The Hall–Kier alpha value is -2.55. The normalized spacial score (nSPS) is 20.9. The molecule has 0 bridgehead atoms. The summed E-state index contributed by atoms with van der Waals surface area (Å²) in [6.07, 6.45) is 0. The highest BCUT2D eigenvalue weighted by Gasteiger charge is 2.43. The number of nitrogens with two attached hydrogens (primary N) is 1. The van der Waals surface area contributed by atoms with E-state index >= 15 is 0 Å². The molecule has 1 heterocycles. The van der Waals surface area contributed by atoms with E-state index in [9.17, 15) is 23.2 Å². The van der Waals surface area contributed by atoms with Crippen LogP contribution >= 0.6 is 0 Å². The molecule has 0 saturated carbocycles. The monoisotopic (exact) mass is 326 g/mol. The number of hydrogen-bond acceptors (Lipinski definition) is 4. The molecule has 5 N–H and O–H groups in total. The number of hydrogen-bond donors (Lipinski definition) is 4. The van der Waals surface area contributed by atoms with Crippen LogP contribution < -0.4 is 21.7 Å². The highest BCUT2D eigenvalue weighted by atomic mass is 19.3. The van der Waals surface area contributed by atoms with E-state index in [1.54, 1.807) is 0 Å². The molecule has 9 heteroatoms. The Morgan fingerprint density at radius 1 is 1.30 bits per heavy atom. The number of imide groups is 1. The molecular weight excluding hydrogens is 310 g/mol. The molecule has 1 unspecified atom stereocenters. The van der Waals surface area contributed by atoms with Crippen LogP contribution in [-0.2, 0) is 10.3 Å². The van der Waals surface area contributed by atoms with Crippen molar-refractivity contribution in [3.8, 4) is 0 Å².